The van der Waals surface area contributed by atoms with Gasteiger partial charge in [-0.15, -0.1) is 0 Å². The Labute approximate surface area is 161 Å². The molecule has 4 aromatic heterocycles. The van der Waals surface area contributed by atoms with Crippen LogP contribution in [-0.4, -0.2) is 29.1 Å². The highest BCUT2D eigenvalue weighted by atomic mass is 15.3. The molecule has 5 aromatic rings. The monoisotopic (exact) mass is 366 g/mol. The zero-order valence-electron chi connectivity index (χ0n) is 15.4. The smallest absolute Gasteiger partial charge is 0.234 e. The summed E-state index contributed by atoms with van der Waals surface area (Å²) < 4.78 is 3.97. The van der Waals surface area contributed by atoms with E-state index in [1.54, 1.807) is 6.20 Å². The SMILES string of the molecule is Cn1ncc2nc(-c3c(-c4ccccc4)nc4ncccn34)cc(C3CC3)c21. The quantitative estimate of drug-likeness (QED) is 0.480. The van der Waals surface area contributed by atoms with Gasteiger partial charge in [0.15, 0.2) is 0 Å². The molecular formula is C22H18N6. The van der Waals surface area contributed by atoms with E-state index in [2.05, 4.69) is 28.3 Å². The lowest BCUT2D eigenvalue weighted by molar-refractivity contribution is 0.791. The molecule has 0 aliphatic heterocycles. The van der Waals surface area contributed by atoms with Gasteiger partial charge in [-0.25, -0.2) is 15.0 Å². The molecular weight excluding hydrogens is 348 g/mol. The highest BCUT2D eigenvalue weighted by molar-refractivity contribution is 5.86. The Bertz CT molecular complexity index is 1330. The van der Waals surface area contributed by atoms with Gasteiger partial charge < -0.3 is 0 Å². The fraction of sp³-hybridized carbons (Fsp3) is 0.182. The minimum atomic E-state index is 0.595. The van der Waals surface area contributed by atoms with E-state index in [1.165, 1.54) is 18.4 Å². The normalized spacial score (nSPS) is 14.2. The highest BCUT2D eigenvalue weighted by Crippen LogP contribution is 2.44. The van der Waals surface area contributed by atoms with Crippen molar-refractivity contribution in [2.45, 2.75) is 18.8 Å². The van der Waals surface area contributed by atoms with Crippen LogP contribution in [0.2, 0.25) is 0 Å². The third-order valence-electron chi connectivity index (χ3n) is 5.44. The van der Waals surface area contributed by atoms with E-state index in [0.717, 1.165) is 33.7 Å². The van der Waals surface area contributed by atoms with E-state index in [4.69, 9.17) is 9.97 Å². The molecule has 0 N–H and O–H groups in total. The average molecular weight is 366 g/mol. The fourth-order valence-corrected chi connectivity index (χ4v) is 3.98. The van der Waals surface area contributed by atoms with Crippen molar-refractivity contribution in [1.29, 1.82) is 0 Å². The molecule has 0 saturated heterocycles. The number of rotatable bonds is 3. The molecule has 1 saturated carbocycles. The topological polar surface area (TPSA) is 60.9 Å². The zero-order valence-corrected chi connectivity index (χ0v) is 15.4. The number of pyridine rings is 1. The number of nitrogens with zero attached hydrogens (tertiary/aromatic N) is 6. The van der Waals surface area contributed by atoms with Crippen molar-refractivity contribution in [1.82, 2.24) is 29.1 Å². The van der Waals surface area contributed by atoms with Crippen LogP contribution in [0.25, 0.3) is 39.5 Å². The van der Waals surface area contributed by atoms with Crippen molar-refractivity contribution >= 4 is 16.8 Å². The standard InChI is InChI=1S/C22H18N6/c1-27-20-16(14-8-9-14)12-17(25-18(20)13-24-27)21-19(15-6-3-2-4-7-15)26-22-23-10-5-11-28(21)22/h2-7,10-14H,8-9H2,1H3. The summed E-state index contributed by atoms with van der Waals surface area (Å²) in [7, 11) is 1.99. The number of hydrogen-bond donors (Lipinski definition) is 0. The summed E-state index contributed by atoms with van der Waals surface area (Å²) in [6, 6.07) is 14.4. The molecule has 0 bridgehead atoms. The first kappa shape index (κ1) is 15.5. The molecule has 0 amide bonds. The number of hydrogen-bond acceptors (Lipinski definition) is 4. The minimum absolute atomic E-state index is 0.595. The Kier molecular flexibility index (Phi) is 3.17. The van der Waals surface area contributed by atoms with Gasteiger partial charge in [-0.05, 0) is 36.5 Å². The number of aromatic nitrogens is 6. The lowest BCUT2D eigenvalue weighted by atomic mass is 10.0. The number of fused-ring (bicyclic) bond motifs is 2. The summed E-state index contributed by atoms with van der Waals surface area (Å²) in [5, 5.41) is 4.45. The van der Waals surface area contributed by atoms with Crippen LogP contribution in [0.5, 0.6) is 0 Å². The maximum absolute atomic E-state index is 4.97. The Morgan fingerprint density at radius 3 is 2.71 bits per heavy atom. The summed E-state index contributed by atoms with van der Waals surface area (Å²) in [6.45, 7) is 0. The number of imidazole rings is 1. The molecule has 0 radical (unpaired) electrons. The molecule has 4 heterocycles. The van der Waals surface area contributed by atoms with Gasteiger partial charge in [0, 0.05) is 25.0 Å². The molecule has 1 aliphatic rings. The highest BCUT2D eigenvalue weighted by Gasteiger charge is 2.29. The molecule has 0 unspecified atom stereocenters. The number of benzene rings is 1. The van der Waals surface area contributed by atoms with Crippen LogP contribution in [0.15, 0.2) is 61.1 Å². The van der Waals surface area contributed by atoms with E-state index in [-0.39, 0.29) is 0 Å². The van der Waals surface area contributed by atoms with Gasteiger partial charge >= 0.3 is 0 Å². The van der Waals surface area contributed by atoms with E-state index in [1.807, 2.05) is 52.8 Å². The molecule has 1 aromatic carbocycles. The van der Waals surface area contributed by atoms with Crippen molar-refractivity contribution in [3.8, 4) is 22.6 Å². The predicted molar refractivity (Wildman–Crippen MR) is 108 cm³/mol. The predicted octanol–water partition coefficient (Wildman–Crippen LogP) is 4.22. The van der Waals surface area contributed by atoms with Crippen LogP contribution in [-0.2, 0) is 7.05 Å². The Morgan fingerprint density at radius 2 is 1.89 bits per heavy atom. The van der Waals surface area contributed by atoms with Crippen LogP contribution in [0, 0.1) is 0 Å². The Hall–Kier alpha value is -3.54. The van der Waals surface area contributed by atoms with Crippen LogP contribution in [0.1, 0.15) is 24.3 Å². The maximum Gasteiger partial charge on any atom is 0.234 e. The van der Waals surface area contributed by atoms with E-state index in [0.29, 0.717) is 11.7 Å². The largest absolute Gasteiger partial charge is 0.281 e. The van der Waals surface area contributed by atoms with Crippen molar-refractivity contribution < 1.29 is 0 Å². The summed E-state index contributed by atoms with van der Waals surface area (Å²) in [6.07, 6.45) is 8.08. The number of aryl methyl sites for hydroxylation is 1. The zero-order chi connectivity index (χ0) is 18.7. The maximum atomic E-state index is 4.97. The summed E-state index contributed by atoms with van der Waals surface area (Å²) in [4.78, 5) is 14.3. The first-order valence-electron chi connectivity index (χ1n) is 9.51. The van der Waals surface area contributed by atoms with Gasteiger partial charge in [-0.2, -0.15) is 5.10 Å². The van der Waals surface area contributed by atoms with E-state index in [9.17, 15) is 0 Å². The molecule has 0 atom stereocenters. The van der Waals surface area contributed by atoms with Crippen LogP contribution < -0.4 is 0 Å². The van der Waals surface area contributed by atoms with Crippen LogP contribution in [0.4, 0.5) is 0 Å². The Balaban J connectivity index is 1.69. The van der Waals surface area contributed by atoms with Gasteiger partial charge in [0.05, 0.1) is 17.4 Å². The molecule has 28 heavy (non-hydrogen) atoms. The van der Waals surface area contributed by atoms with Crippen LogP contribution in [0.3, 0.4) is 0 Å². The Morgan fingerprint density at radius 1 is 1.04 bits per heavy atom. The molecule has 6 heteroatoms. The van der Waals surface area contributed by atoms with E-state index >= 15 is 0 Å². The molecule has 1 aliphatic carbocycles. The van der Waals surface area contributed by atoms with Crippen molar-refractivity contribution in [3.05, 3.63) is 66.6 Å². The second-order valence-corrected chi connectivity index (χ2v) is 7.34. The molecule has 136 valence electrons. The van der Waals surface area contributed by atoms with Crippen molar-refractivity contribution in [3.63, 3.8) is 0 Å². The minimum Gasteiger partial charge on any atom is -0.281 e. The molecule has 1 fully saturated rings. The second-order valence-electron chi connectivity index (χ2n) is 7.34. The summed E-state index contributed by atoms with van der Waals surface area (Å²) >= 11 is 0. The van der Waals surface area contributed by atoms with E-state index < -0.39 is 0 Å². The van der Waals surface area contributed by atoms with Gasteiger partial charge in [0.25, 0.3) is 0 Å². The van der Waals surface area contributed by atoms with Crippen molar-refractivity contribution in [2.24, 2.45) is 7.05 Å². The van der Waals surface area contributed by atoms with Gasteiger partial charge in [0.2, 0.25) is 5.78 Å². The van der Waals surface area contributed by atoms with Crippen LogP contribution >= 0.6 is 0 Å². The molecule has 6 rings (SSSR count). The first-order chi connectivity index (χ1) is 13.8. The van der Waals surface area contributed by atoms with Gasteiger partial charge in [0.1, 0.15) is 16.9 Å². The second kappa shape index (κ2) is 5.73. The summed E-state index contributed by atoms with van der Waals surface area (Å²) in [5.41, 5.74) is 7.25. The fourth-order valence-electron chi connectivity index (χ4n) is 3.98. The van der Waals surface area contributed by atoms with Gasteiger partial charge in [-0.3, -0.25) is 9.08 Å². The summed E-state index contributed by atoms with van der Waals surface area (Å²) in [5.74, 6) is 1.27. The molecule has 0 spiro atoms. The average Bonchev–Trinajstić information content (AvgIpc) is 3.42. The third-order valence-corrected chi connectivity index (χ3v) is 5.44. The third kappa shape index (κ3) is 2.27. The van der Waals surface area contributed by atoms with Crippen molar-refractivity contribution in [2.75, 3.05) is 0 Å². The molecule has 6 nitrogen and oxygen atoms in total. The lowest BCUT2D eigenvalue weighted by Gasteiger charge is -2.09. The first-order valence-corrected chi connectivity index (χ1v) is 9.51. The van der Waals surface area contributed by atoms with Gasteiger partial charge in [-0.1, -0.05) is 30.3 Å². The lowest BCUT2D eigenvalue weighted by Crippen LogP contribution is -1.98.